The number of carboxylic acids is 1. The summed E-state index contributed by atoms with van der Waals surface area (Å²) in [6, 6.07) is 9.78. The number of alkyl halides is 3. The third-order valence-corrected chi connectivity index (χ3v) is 7.41. The molecule has 1 aliphatic heterocycles. The molecule has 0 spiro atoms. The van der Waals surface area contributed by atoms with Gasteiger partial charge < -0.3 is 10.0 Å². The molecule has 1 N–H and O–H groups in total. The van der Waals surface area contributed by atoms with Gasteiger partial charge in [0, 0.05) is 26.6 Å². The van der Waals surface area contributed by atoms with E-state index in [4.69, 9.17) is 0 Å². The molecule has 0 bridgehead atoms. The van der Waals surface area contributed by atoms with Crippen LogP contribution in [-0.2, 0) is 26.2 Å². The smallest absolute Gasteiger partial charge is 0.478 e. The number of rotatable bonds is 6. The lowest BCUT2D eigenvalue weighted by atomic mass is 10.1. The normalized spacial score (nSPS) is 17.1. The molecular formula is C22H22F3N3O6S. The Morgan fingerprint density at radius 2 is 1.71 bits per heavy atom. The fourth-order valence-corrected chi connectivity index (χ4v) is 5.32. The molecule has 35 heavy (non-hydrogen) atoms. The highest BCUT2D eigenvalue weighted by atomic mass is 32.2. The number of carbonyl (C=O) groups excluding carboxylic acids is 2. The van der Waals surface area contributed by atoms with Gasteiger partial charge in [-0.05, 0) is 23.8 Å². The van der Waals surface area contributed by atoms with Crippen LogP contribution in [0.5, 0.6) is 0 Å². The number of carboxylic acid groups (broad SMARTS) is 1. The fraction of sp³-hybridized carbons (Fsp3) is 0.318. The van der Waals surface area contributed by atoms with Crippen LogP contribution in [0.15, 0.2) is 59.5 Å². The highest BCUT2D eigenvalue weighted by Crippen LogP contribution is 2.29. The van der Waals surface area contributed by atoms with E-state index in [1.807, 2.05) is 0 Å². The van der Waals surface area contributed by atoms with Crippen molar-refractivity contribution in [2.24, 2.45) is 0 Å². The standard InChI is InChI=1S/C22H22F3N3O6S/c1-15(29)26-10-11-28(35(33,34)18-9-5-8-17(12-18)21(31)32)19(14-26)20(30)27(22(23,24)25)13-16-6-3-2-4-7-16/h2-9,12,19H,10-11,13-14H2,1H3,(H,31,32). The molecule has 1 aliphatic rings. The molecule has 1 unspecified atom stereocenters. The van der Waals surface area contributed by atoms with E-state index < -0.39 is 64.7 Å². The van der Waals surface area contributed by atoms with Crippen LogP contribution in [0.1, 0.15) is 22.8 Å². The van der Waals surface area contributed by atoms with E-state index in [1.165, 1.54) is 30.3 Å². The number of aromatic carboxylic acids is 1. The number of hydrogen-bond donors (Lipinski definition) is 1. The molecule has 1 fully saturated rings. The first-order valence-corrected chi connectivity index (χ1v) is 11.8. The minimum atomic E-state index is -5.13. The van der Waals surface area contributed by atoms with Crippen molar-refractivity contribution in [2.75, 3.05) is 19.6 Å². The Balaban J connectivity index is 2.04. The van der Waals surface area contributed by atoms with Crippen LogP contribution < -0.4 is 0 Å². The summed E-state index contributed by atoms with van der Waals surface area (Å²) in [7, 11) is -4.60. The van der Waals surface area contributed by atoms with Gasteiger partial charge in [0.15, 0.2) is 0 Å². The molecule has 13 heteroatoms. The predicted octanol–water partition coefficient (Wildman–Crippen LogP) is 2.15. The molecule has 0 aliphatic carbocycles. The van der Waals surface area contributed by atoms with E-state index in [9.17, 15) is 41.1 Å². The Morgan fingerprint density at radius 3 is 2.29 bits per heavy atom. The summed E-state index contributed by atoms with van der Waals surface area (Å²) in [5.74, 6) is -3.48. The van der Waals surface area contributed by atoms with Crippen LogP contribution in [0.2, 0.25) is 0 Å². The molecule has 2 aromatic carbocycles. The predicted molar refractivity (Wildman–Crippen MR) is 116 cm³/mol. The van der Waals surface area contributed by atoms with Gasteiger partial charge in [-0.25, -0.2) is 18.1 Å². The van der Waals surface area contributed by atoms with E-state index in [-0.39, 0.29) is 22.6 Å². The van der Waals surface area contributed by atoms with Crippen molar-refractivity contribution in [3.63, 3.8) is 0 Å². The highest BCUT2D eigenvalue weighted by molar-refractivity contribution is 7.89. The lowest BCUT2D eigenvalue weighted by Crippen LogP contribution is -2.63. The first-order valence-electron chi connectivity index (χ1n) is 10.3. The summed E-state index contributed by atoms with van der Waals surface area (Å²) < 4.78 is 69.2. The summed E-state index contributed by atoms with van der Waals surface area (Å²) in [6.45, 7) is -0.892. The van der Waals surface area contributed by atoms with Gasteiger partial charge in [-0.1, -0.05) is 36.4 Å². The zero-order valence-corrected chi connectivity index (χ0v) is 19.3. The molecule has 188 valence electrons. The molecule has 1 saturated heterocycles. The van der Waals surface area contributed by atoms with Gasteiger partial charge >= 0.3 is 12.3 Å². The number of carbonyl (C=O) groups is 3. The van der Waals surface area contributed by atoms with E-state index in [2.05, 4.69) is 0 Å². The molecule has 2 aromatic rings. The summed E-state index contributed by atoms with van der Waals surface area (Å²) >= 11 is 0. The van der Waals surface area contributed by atoms with Gasteiger partial charge in [0.25, 0.3) is 0 Å². The van der Waals surface area contributed by atoms with Crippen LogP contribution in [0.3, 0.4) is 0 Å². The first kappa shape index (κ1) is 26.2. The molecule has 1 atom stereocenters. The van der Waals surface area contributed by atoms with E-state index in [0.717, 1.165) is 30.0 Å². The molecule has 9 nitrogen and oxygen atoms in total. The Kier molecular flexibility index (Phi) is 7.50. The van der Waals surface area contributed by atoms with Crippen LogP contribution in [0, 0.1) is 0 Å². The minimum absolute atomic E-state index is 0.151. The Bertz CT molecular complexity index is 1220. The van der Waals surface area contributed by atoms with Crippen LogP contribution in [-0.4, -0.2) is 77.4 Å². The second kappa shape index (κ2) is 10.0. The third-order valence-electron chi connectivity index (χ3n) is 5.50. The molecule has 3 rings (SSSR count). The lowest BCUT2D eigenvalue weighted by Gasteiger charge is -2.41. The second-order valence-electron chi connectivity index (χ2n) is 7.81. The van der Waals surface area contributed by atoms with Crippen molar-refractivity contribution < 1.29 is 41.1 Å². The average molecular weight is 513 g/mol. The van der Waals surface area contributed by atoms with Gasteiger partial charge in [-0.2, -0.15) is 4.31 Å². The van der Waals surface area contributed by atoms with E-state index in [1.54, 1.807) is 6.07 Å². The number of nitrogens with zero attached hydrogens (tertiary/aromatic N) is 3. The maximum Gasteiger partial charge on any atom is 0.487 e. The maximum absolute atomic E-state index is 13.9. The van der Waals surface area contributed by atoms with Crippen molar-refractivity contribution in [3.05, 3.63) is 65.7 Å². The highest BCUT2D eigenvalue weighted by Gasteiger charge is 2.49. The SMILES string of the molecule is CC(=O)N1CCN(S(=O)(=O)c2cccc(C(=O)O)c2)C(C(=O)N(Cc2ccccc2)C(F)(F)F)C1. The Labute approximate surface area is 199 Å². The molecule has 0 saturated carbocycles. The molecular weight excluding hydrogens is 491 g/mol. The van der Waals surface area contributed by atoms with Gasteiger partial charge in [-0.15, -0.1) is 13.2 Å². The fourth-order valence-electron chi connectivity index (χ4n) is 3.70. The van der Waals surface area contributed by atoms with Gasteiger partial charge in [0.1, 0.15) is 6.04 Å². The summed E-state index contributed by atoms with van der Waals surface area (Å²) in [4.78, 5) is 36.7. The van der Waals surface area contributed by atoms with Gasteiger partial charge in [0.05, 0.1) is 17.0 Å². The topological polar surface area (TPSA) is 115 Å². The van der Waals surface area contributed by atoms with Crippen LogP contribution in [0.25, 0.3) is 0 Å². The van der Waals surface area contributed by atoms with Crippen molar-refractivity contribution in [3.8, 4) is 0 Å². The number of amides is 2. The quantitative estimate of drug-likeness (QED) is 0.592. The summed E-state index contributed by atoms with van der Waals surface area (Å²) in [5, 5.41) is 9.19. The Hall–Kier alpha value is -3.45. The monoisotopic (exact) mass is 513 g/mol. The van der Waals surface area contributed by atoms with Crippen LogP contribution in [0.4, 0.5) is 13.2 Å². The third kappa shape index (κ3) is 5.80. The second-order valence-corrected chi connectivity index (χ2v) is 9.70. The number of benzene rings is 2. The van der Waals surface area contributed by atoms with E-state index in [0.29, 0.717) is 4.31 Å². The minimum Gasteiger partial charge on any atom is -0.478 e. The zero-order chi connectivity index (χ0) is 26.0. The number of piperazine rings is 1. The number of halogens is 3. The van der Waals surface area contributed by atoms with Crippen LogP contribution >= 0.6 is 0 Å². The van der Waals surface area contributed by atoms with Crippen molar-refractivity contribution in [1.29, 1.82) is 0 Å². The summed E-state index contributed by atoms with van der Waals surface area (Å²) in [6.07, 6.45) is -5.13. The van der Waals surface area contributed by atoms with E-state index >= 15 is 0 Å². The number of hydrogen-bond acceptors (Lipinski definition) is 5. The molecule has 0 radical (unpaired) electrons. The van der Waals surface area contributed by atoms with Crippen molar-refractivity contribution in [2.45, 2.75) is 30.7 Å². The Morgan fingerprint density at radius 1 is 1.06 bits per heavy atom. The zero-order valence-electron chi connectivity index (χ0n) is 18.5. The van der Waals surface area contributed by atoms with Gasteiger partial charge in [-0.3, -0.25) is 9.59 Å². The average Bonchev–Trinajstić information content (AvgIpc) is 2.81. The first-order chi connectivity index (χ1) is 16.3. The number of sulfonamides is 1. The van der Waals surface area contributed by atoms with Gasteiger partial charge in [0.2, 0.25) is 21.8 Å². The van der Waals surface area contributed by atoms with Crippen molar-refractivity contribution >= 4 is 27.8 Å². The summed E-state index contributed by atoms with van der Waals surface area (Å²) in [5.41, 5.74) is -0.182. The molecule has 0 aromatic heterocycles. The van der Waals surface area contributed by atoms with Crippen molar-refractivity contribution in [1.82, 2.24) is 14.1 Å². The largest absolute Gasteiger partial charge is 0.487 e. The molecule has 1 heterocycles. The maximum atomic E-state index is 13.9. The molecule has 2 amide bonds. The lowest BCUT2D eigenvalue weighted by molar-refractivity contribution is -0.246.